The zero-order chi connectivity index (χ0) is 20.8. The molecule has 2 aliphatic rings. The lowest BCUT2D eigenvalue weighted by molar-refractivity contribution is -0.137. The van der Waals surface area contributed by atoms with Crippen LogP contribution in [0.3, 0.4) is 0 Å². The molecule has 0 aromatic heterocycles. The number of ether oxygens (including phenoxy) is 2. The van der Waals surface area contributed by atoms with Gasteiger partial charge in [-0.05, 0) is 18.6 Å². The van der Waals surface area contributed by atoms with E-state index in [9.17, 15) is 19.2 Å². The van der Waals surface area contributed by atoms with Crippen molar-refractivity contribution in [3.05, 3.63) is 35.4 Å². The van der Waals surface area contributed by atoms with E-state index < -0.39 is 11.8 Å². The van der Waals surface area contributed by atoms with Crippen LogP contribution in [0.5, 0.6) is 0 Å². The Kier molecular flexibility index (Phi) is 6.95. The molecular formula is C20H25N3O6. The summed E-state index contributed by atoms with van der Waals surface area (Å²) in [6, 6.07) is 6.55. The molecule has 0 radical (unpaired) electrons. The maximum atomic E-state index is 12.7. The summed E-state index contributed by atoms with van der Waals surface area (Å²) in [5.74, 6) is -1.32. The molecule has 0 saturated carbocycles. The lowest BCUT2D eigenvalue weighted by Gasteiger charge is -2.24. The molecule has 0 aliphatic carbocycles. The molecule has 1 aromatic carbocycles. The Bertz CT molecular complexity index is 761. The van der Waals surface area contributed by atoms with Gasteiger partial charge in [-0.15, -0.1) is 0 Å². The quantitative estimate of drug-likeness (QED) is 0.470. The minimum Gasteiger partial charge on any atom is -0.382 e. The summed E-state index contributed by atoms with van der Waals surface area (Å²) in [7, 11) is 1.56. The third-order valence-corrected chi connectivity index (χ3v) is 5.03. The number of nitrogens with zero attached hydrogens (tertiary/aromatic N) is 3. The maximum absolute atomic E-state index is 12.7. The van der Waals surface area contributed by atoms with Crippen LogP contribution in [0.1, 0.15) is 27.1 Å². The molecule has 1 saturated heterocycles. The first-order valence-corrected chi connectivity index (χ1v) is 9.60. The molecule has 1 fully saturated rings. The average Bonchev–Trinajstić information content (AvgIpc) is 2.90. The first kappa shape index (κ1) is 20.9. The number of benzene rings is 1. The van der Waals surface area contributed by atoms with Crippen LogP contribution in [0.4, 0.5) is 0 Å². The summed E-state index contributed by atoms with van der Waals surface area (Å²) in [6.07, 6.45) is 0.623. The van der Waals surface area contributed by atoms with E-state index >= 15 is 0 Å². The van der Waals surface area contributed by atoms with E-state index in [1.165, 1.54) is 0 Å². The van der Waals surface area contributed by atoms with E-state index in [1.807, 2.05) is 0 Å². The highest BCUT2D eigenvalue weighted by molar-refractivity contribution is 6.22. The lowest BCUT2D eigenvalue weighted by Crippen LogP contribution is -2.44. The Hall–Kier alpha value is -2.78. The number of fused-ring (bicyclic) bond motifs is 1. The highest BCUT2D eigenvalue weighted by atomic mass is 16.5. The molecule has 156 valence electrons. The Morgan fingerprint density at radius 2 is 1.48 bits per heavy atom. The minimum absolute atomic E-state index is 0.0215. The van der Waals surface area contributed by atoms with Gasteiger partial charge in [-0.3, -0.25) is 24.1 Å². The van der Waals surface area contributed by atoms with Crippen molar-refractivity contribution in [1.82, 2.24) is 14.7 Å². The fourth-order valence-electron chi connectivity index (χ4n) is 3.43. The predicted molar refractivity (Wildman–Crippen MR) is 102 cm³/mol. The lowest BCUT2D eigenvalue weighted by atomic mass is 10.1. The van der Waals surface area contributed by atoms with Crippen LogP contribution in [0, 0.1) is 0 Å². The number of hydrogen-bond acceptors (Lipinski definition) is 6. The summed E-state index contributed by atoms with van der Waals surface area (Å²) in [5.41, 5.74) is 0.651. The molecule has 0 N–H and O–H groups in total. The Balaban J connectivity index is 1.52. The molecule has 2 aliphatic heterocycles. The van der Waals surface area contributed by atoms with Gasteiger partial charge in [0.1, 0.15) is 13.2 Å². The Labute approximate surface area is 169 Å². The Morgan fingerprint density at radius 3 is 2.07 bits per heavy atom. The highest BCUT2D eigenvalue weighted by Crippen LogP contribution is 2.22. The zero-order valence-electron chi connectivity index (χ0n) is 16.5. The summed E-state index contributed by atoms with van der Waals surface area (Å²) in [5, 5.41) is 0. The van der Waals surface area contributed by atoms with Crippen molar-refractivity contribution in [3.63, 3.8) is 0 Å². The van der Waals surface area contributed by atoms with E-state index in [-0.39, 0.29) is 25.0 Å². The second-order valence-corrected chi connectivity index (χ2v) is 6.90. The average molecular weight is 403 g/mol. The number of carbonyl (C=O) groups is 4. The minimum atomic E-state index is -0.446. The van der Waals surface area contributed by atoms with Crippen molar-refractivity contribution in [2.24, 2.45) is 0 Å². The summed E-state index contributed by atoms with van der Waals surface area (Å²) in [4.78, 5) is 54.1. The predicted octanol–water partition coefficient (Wildman–Crippen LogP) is 0.00650. The number of imide groups is 1. The van der Waals surface area contributed by atoms with Gasteiger partial charge in [0, 0.05) is 33.3 Å². The van der Waals surface area contributed by atoms with E-state index in [4.69, 9.17) is 9.47 Å². The van der Waals surface area contributed by atoms with Crippen LogP contribution < -0.4 is 0 Å². The molecule has 2 heterocycles. The first-order chi connectivity index (χ1) is 14.0. The van der Waals surface area contributed by atoms with Crippen LogP contribution in [-0.2, 0) is 19.1 Å². The fraction of sp³-hybridized carbons (Fsp3) is 0.500. The van der Waals surface area contributed by atoms with Gasteiger partial charge in [0.05, 0.1) is 24.3 Å². The summed E-state index contributed by atoms with van der Waals surface area (Å²) < 4.78 is 10.1. The number of carbonyl (C=O) groups excluding carboxylic acids is 4. The smallest absolute Gasteiger partial charge is 0.262 e. The molecular weight excluding hydrogens is 378 g/mol. The van der Waals surface area contributed by atoms with Gasteiger partial charge in [0.2, 0.25) is 11.8 Å². The molecule has 3 rings (SSSR count). The normalized spacial score (nSPS) is 16.8. The summed E-state index contributed by atoms with van der Waals surface area (Å²) >= 11 is 0. The zero-order valence-corrected chi connectivity index (χ0v) is 16.5. The van der Waals surface area contributed by atoms with Crippen molar-refractivity contribution in [2.45, 2.75) is 6.42 Å². The van der Waals surface area contributed by atoms with Crippen molar-refractivity contribution in [1.29, 1.82) is 0 Å². The van der Waals surface area contributed by atoms with Gasteiger partial charge in [0.25, 0.3) is 11.8 Å². The van der Waals surface area contributed by atoms with E-state index in [2.05, 4.69) is 0 Å². The molecule has 9 heteroatoms. The second-order valence-electron chi connectivity index (χ2n) is 6.90. The van der Waals surface area contributed by atoms with Gasteiger partial charge in [0.15, 0.2) is 0 Å². The van der Waals surface area contributed by atoms with Gasteiger partial charge in [-0.25, -0.2) is 0 Å². The third-order valence-electron chi connectivity index (χ3n) is 5.03. The van der Waals surface area contributed by atoms with Crippen molar-refractivity contribution in [3.8, 4) is 0 Å². The SMILES string of the molecule is COCCOCC(=O)N1CCCN(C(=O)CN2C(=O)c3ccccc3C2=O)CC1. The van der Waals surface area contributed by atoms with Gasteiger partial charge in [-0.1, -0.05) is 12.1 Å². The van der Waals surface area contributed by atoms with Crippen molar-refractivity contribution < 1.29 is 28.7 Å². The Morgan fingerprint density at radius 1 is 0.897 bits per heavy atom. The van der Waals surface area contributed by atoms with Gasteiger partial charge >= 0.3 is 0 Å². The summed E-state index contributed by atoms with van der Waals surface area (Å²) in [6.45, 7) is 2.20. The monoisotopic (exact) mass is 403 g/mol. The fourth-order valence-corrected chi connectivity index (χ4v) is 3.43. The molecule has 4 amide bonds. The molecule has 0 spiro atoms. The number of methoxy groups -OCH3 is 1. The molecule has 0 bridgehead atoms. The number of hydrogen-bond donors (Lipinski definition) is 0. The van der Waals surface area contributed by atoms with Crippen molar-refractivity contribution in [2.75, 3.05) is 59.7 Å². The maximum Gasteiger partial charge on any atom is 0.262 e. The van der Waals surface area contributed by atoms with E-state index in [0.717, 1.165) is 4.90 Å². The number of amides is 4. The molecule has 0 atom stereocenters. The first-order valence-electron chi connectivity index (χ1n) is 9.60. The van der Waals surface area contributed by atoms with Gasteiger partial charge in [-0.2, -0.15) is 0 Å². The van der Waals surface area contributed by atoms with Crippen LogP contribution in [-0.4, -0.2) is 98.0 Å². The van der Waals surface area contributed by atoms with Crippen molar-refractivity contribution >= 4 is 23.6 Å². The number of rotatable bonds is 7. The highest BCUT2D eigenvalue weighted by Gasteiger charge is 2.37. The molecule has 9 nitrogen and oxygen atoms in total. The topological polar surface area (TPSA) is 96.5 Å². The van der Waals surface area contributed by atoms with Gasteiger partial charge < -0.3 is 19.3 Å². The van der Waals surface area contributed by atoms with E-state index in [1.54, 1.807) is 41.2 Å². The standard InChI is InChI=1S/C20H25N3O6/c1-28-11-12-29-14-18(25)22-8-4-7-21(9-10-22)17(24)13-23-19(26)15-5-2-3-6-16(15)20(23)27/h2-3,5-6H,4,7-14H2,1H3. The van der Waals surface area contributed by atoms with Crippen LogP contribution in [0.25, 0.3) is 0 Å². The van der Waals surface area contributed by atoms with Crippen LogP contribution in [0.15, 0.2) is 24.3 Å². The molecule has 1 aromatic rings. The molecule has 29 heavy (non-hydrogen) atoms. The van der Waals surface area contributed by atoms with Crippen LogP contribution >= 0.6 is 0 Å². The largest absolute Gasteiger partial charge is 0.382 e. The van der Waals surface area contributed by atoms with Crippen LogP contribution in [0.2, 0.25) is 0 Å². The third kappa shape index (κ3) is 4.80. The van der Waals surface area contributed by atoms with E-state index in [0.29, 0.717) is 56.9 Å². The molecule has 0 unspecified atom stereocenters. The second kappa shape index (κ2) is 9.62.